The number of aryl methyl sites for hydroxylation is 1. The van der Waals surface area contributed by atoms with Crippen LogP contribution in [0.1, 0.15) is 19.8 Å². The molecule has 3 aromatic rings. The second-order valence-corrected chi connectivity index (χ2v) is 6.51. The number of aromatic nitrogens is 4. The van der Waals surface area contributed by atoms with Gasteiger partial charge in [-0.05, 0) is 37.3 Å². The van der Waals surface area contributed by atoms with Crippen LogP contribution in [0, 0.1) is 0 Å². The van der Waals surface area contributed by atoms with E-state index in [1.807, 2.05) is 19.1 Å². The SMILES string of the molecule is CCn1ccc2cc(Nc3cnccn3)nc(NC3(CO)CC3)c2c1=O. The lowest BCUT2D eigenvalue weighted by Crippen LogP contribution is -2.28. The lowest BCUT2D eigenvalue weighted by molar-refractivity contribution is 0.266. The van der Waals surface area contributed by atoms with E-state index < -0.39 is 0 Å². The van der Waals surface area contributed by atoms with Crippen LogP contribution < -0.4 is 16.2 Å². The summed E-state index contributed by atoms with van der Waals surface area (Å²) in [4.78, 5) is 25.6. The number of nitrogens with zero attached hydrogens (tertiary/aromatic N) is 4. The van der Waals surface area contributed by atoms with Crippen LogP contribution >= 0.6 is 0 Å². The van der Waals surface area contributed by atoms with E-state index >= 15 is 0 Å². The van der Waals surface area contributed by atoms with E-state index in [1.165, 1.54) is 0 Å². The highest BCUT2D eigenvalue weighted by atomic mass is 16.3. The average molecular weight is 352 g/mol. The summed E-state index contributed by atoms with van der Waals surface area (Å²) in [7, 11) is 0. The molecule has 8 heteroatoms. The molecule has 1 aliphatic carbocycles. The molecule has 0 bridgehead atoms. The van der Waals surface area contributed by atoms with E-state index in [-0.39, 0.29) is 17.7 Å². The molecule has 1 fully saturated rings. The Morgan fingerprint density at radius 1 is 1.31 bits per heavy atom. The highest BCUT2D eigenvalue weighted by Gasteiger charge is 2.42. The van der Waals surface area contributed by atoms with E-state index in [9.17, 15) is 9.90 Å². The number of pyridine rings is 2. The number of fused-ring (bicyclic) bond motifs is 1. The van der Waals surface area contributed by atoms with Crippen LogP contribution in [0.15, 0.2) is 41.7 Å². The largest absolute Gasteiger partial charge is 0.394 e. The molecule has 0 amide bonds. The summed E-state index contributed by atoms with van der Waals surface area (Å²) >= 11 is 0. The van der Waals surface area contributed by atoms with Crippen LogP contribution in [-0.4, -0.2) is 36.8 Å². The van der Waals surface area contributed by atoms with Gasteiger partial charge in [0.05, 0.1) is 23.7 Å². The summed E-state index contributed by atoms with van der Waals surface area (Å²) in [6, 6.07) is 3.71. The fourth-order valence-corrected chi connectivity index (χ4v) is 2.93. The van der Waals surface area contributed by atoms with Gasteiger partial charge in [-0.3, -0.25) is 9.78 Å². The van der Waals surface area contributed by atoms with Crippen molar-refractivity contribution >= 4 is 28.2 Å². The van der Waals surface area contributed by atoms with Gasteiger partial charge in [0, 0.05) is 25.1 Å². The van der Waals surface area contributed by atoms with Crippen molar-refractivity contribution in [3.05, 3.63) is 47.3 Å². The zero-order valence-corrected chi connectivity index (χ0v) is 14.4. The number of anilines is 3. The molecule has 0 spiro atoms. The number of nitrogens with one attached hydrogen (secondary N) is 2. The molecule has 3 N–H and O–H groups in total. The number of aliphatic hydroxyl groups excluding tert-OH is 1. The van der Waals surface area contributed by atoms with Crippen molar-refractivity contribution in [1.82, 2.24) is 19.5 Å². The highest BCUT2D eigenvalue weighted by molar-refractivity contribution is 5.93. The van der Waals surface area contributed by atoms with Crippen molar-refractivity contribution in [2.24, 2.45) is 0 Å². The third-order valence-electron chi connectivity index (χ3n) is 4.66. The maximum Gasteiger partial charge on any atom is 0.262 e. The topological polar surface area (TPSA) is 105 Å². The second kappa shape index (κ2) is 6.38. The minimum Gasteiger partial charge on any atom is -0.394 e. The van der Waals surface area contributed by atoms with Gasteiger partial charge in [0.1, 0.15) is 17.5 Å². The predicted octanol–water partition coefficient (Wildman–Crippen LogP) is 1.89. The lowest BCUT2D eigenvalue weighted by Gasteiger charge is -2.18. The summed E-state index contributed by atoms with van der Waals surface area (Å²) in [5, 5.41) is 17.4. The highest BCUT2D eigenvalue weighted by Crippen LogP contribution is 2.39. The van der Waals surface area contributed by atoms with Crippen molar-refractivity contribution in [1.29, 1.82) is 0 Å². The van der Waals surface area contributed by atoms with Gasteiger partial charge in [-0.25, -0.2) is 9.97 Å². The molecule has 0 radical (unpaired) electrons. The fraction of sp³-hybridized carbons (Fsp3) is 0.333. The normalized spacial score (nSPS) is 15.0. The van der Waals surface area contributed by atoms with Gasteiger partial charge in [0.25, 0.3) is 5.56 Å². The minimum absolute atomic E-state index is 0.00674. The third kappa shape index (κ3) is 2.99. The van der Waals surface area contributed by atoms with Crippen LogP contribution in [0.4, 0.5) is 17.5 Å². The van der Waals surface area contributed by atoms with Crippen molar-refractivity contribution in [2.45, 2.75) is 31.8 Å². The van der Waals surface area contributed by atoms with Gasteiger partial charge in [-0.15, -0.1) is 0 Å². The Morgan fingerprint density at radius 3 is 2.81 bits per heavy atom. The molecule has 0 atom stereocenters. The zero-order chi connectivity index (χ0) is 18.1. The maximum absolute atomic E-state index is 12.8. The molecule has 3 heterocycles. The van der Waals surface area contributed by atoms with Gasteiger partial charge in [-0.2, -0.15) is 0 Å². The second-order valence-electron chi connectivity index (χ2n) is 6.51. The average Bonchev–Trinajstić information content (AvgIpc) is 3.43. The molecule has 0 aromatic carbocycles. The first-order chi connectivity index (χ1) is 12.6. The molecule has 0 saturated heterocycles. The summed E-state index contributed by atoms with van der Waals surface area (Å²) < 4.78 is 1.64. The molecule has 26 heavy (non-hydrogen) atoms. The predicted molar refractivity (Wildman–Crippen MR) is 99.7 cm³/mol. The Balaban J connectivity index is 1.84. The lowest BCUT2D eigenvalue weighted by atomic mass is 10.1. The third-order valence-corrected chi connectivity index (χ3v) is 4.66. The van der Waals surface area contributed by atoms with Gasteiger partial charge >= 0.3 is 0 Å². The minimum atomic E-state index is -0.384. The first-order valence-corrected chi connectivity index (χ1v) is 8.60. The number of hydrogen-bond acceptors (Lipinski definition) is 7. The summed E-state index contributed by atoms with van der Waals surface area (Å²) in [6.07, 6.45) is 8.26. The molecule has 1 aliphatic rings. The van der Waals surface area contributed by atoms with Crippen LogP contribution in [0.5, 0.6) is 0 Å². The number of hydrogen-bond donors (Lipinski definition) is 3. The summed E-state index contributed by atoms with van der Waals surface area (Å²) in [6.45, 7) is 2.51. The Morgan fingerprint density at radius 2 is 2.15 bits per heavy atom. The molecule has 0 unspecified atom stereocenters. The fourth-order valence-electron chi connectivity index (χ4n) is 2.93. The molecule has 3 aromatic heterocycles. The molecule has 1 saturated carbocycles. The molecular weight excluding hydrogens is 332 g/mol. The smallest absolute Gasteiger partial charge is 0.262 e. The number of aliphatic hydroxyl groups is 1. The van der Waals surface area contributed by atoms with Gasteiger partial charge in [0.2, 0.25) is 0 Å². The van der Waals surface area contributed by atoms with Crippen molar-refractivity contribution in [3.8, 4) is 0 Å². The zero-order valence-electron chi connectivity index (χ0n) is 14.4. The Bertz CT molecular complexity index is 998. The maximum atomic E-state index is 12.8. The van der Waals surface area contributed by atoms with E-state index in [4.69, 9.17) is 0 Å². The van der Waals surface area contributed by atoms with Crippen molar-refractivity contribution < 1.29 is 5.11 Å². The molecule has 8 nitrogen and oxygen atoms in total. The Kier molecular flexibility index (Phi) is 4.04. The standard InChI is InChI=1S/C18H20N6O2/c1-2-24-8-3-12-9-13(21-14-10-19-6-7-20-14)22-16(15(12)17(24)26)23-18(11-25)4-5-18/h3,6-10,25H,2,4-5,11H2,1H3,(H2,20,21,22,23). The van der Waals surface area contributed by atoms with Crippen LogP contribution in [0.25, 0.3) is 10.8 Å². The van der Waals surface area contributed by atoms with E-state index in [2.05, 4.69) is 25.6 Å². The van der Waals surface area contributed by atoms with Crippen molar-refractivity contribution in [3.63, 3.8) is 0 Å². The Hall–Kier alpha value is -3.00. The summed E-state index contributed by atoms with van der Waals surface area (Å²) in [5.41, 5.74) is -0.482. The first-order valence-electron chi connectivity index (χ1n) is 8.60. The quantitative estimate of drug-likeness (QED) is 0.622. The summed E-state index contributed by atoms with van der Waals surface area (Å²) in [5.74, 6) is 1.60. The molecule has 4 rings (SSSR count). The van der Waals surface area contributed by atoms with E-state index in [1.54, 1.807) is 29.4 Å². The van der Waals surface area contributed by atoms with Gasteiger partial charge < -0.3 is 20.3 Å². The van der Waals surface area contributed by atoms with Gasteiger partial charge in [-0.1, -0.05) is 0 Å². The van der Waals surface area contributed by atoms with E-state index in [0.717, 1.165) is 18.2 Å². The van der Waals surface area contributed by atoms with Crippen LogP contribution in [-0.2, 0) is 6.54 Å². The molecular formula is C18H20N6O2. The molecule has 0 aliphatic heterocycles. The number of rotatable bonds is 6. The monoisotopic (exact) mass is 352 g/mol. The van der Waals surface area contributed by atoms with E-state index in [0.29, 0.717) is 29.4 Å². The van der Waals surface area contributed by atoms with Crippen LogP contribution in [0.2, 0.25) is 0 Å². The Labute approximate surface area is 149 Å². The van der Waals surface area contributed by atoms with Gasteiger partial charge in [0.15, 0.2) is 0 Å². The molecule has 134 valence electrons. The first kappa shape index (κ1) is 16.5. The van der Waals surface area contributed by atoms with Crippen LogP contribution in [0.3, 0.4) is 0 Å². The van der Waals surface area contributed by atoms with Crippen molar-refractivity contribution in [2.75, 3.05) is 17.2 Å².